The van der Waals surface area contributed by atoms with Gasteiger partial charge in [-0.25, -0.2) is 0 Å². The minimum absolute atomic E-state index is 0.106. The smallest absolute Gasteiger partial charge is 0.169 e. The third-order valence-corrected chi connectivity index (χ3v) is 6.69. The summed E-state index contributed by atoms with van der Waals surface area (Å²) in [7, 11) is 0. The van der Waals surface area contributed by atoms with Gasteiger partial charge in [0.1, 0.15) is 13.2 Å². The number of rotatable bonds is 7. The van der Waals surface area contributed by atoms with Crippen LogP contribution in [0.2, 0.25) is 0 Å². The summed E-state index contributed by atoms with van der Waals surface area (Å²) in [6, 6.07) is 33.7. The zero-order chi connectivity index (χ0) is 24.5. The Labute approximate surface area is 208 Å². The van der Waals surface area contributed by atoms with E-state index in [-0.39, 0.29) is 26.4 Å². The highest BCUT2D eigenvalue weighted by Gasteiger charge is 2.20. The molecule has 6 aromatic rings. The number of aliphatic hydroxyl groups is 2. The van der Waals surface area contributed by atoms with Gasteiger partial charge in [0.2, 0.25) is 0 Å². The molecule has 0 aliphatic rings. The van der Waals surface area contributed by atoms with Crippen LogP contribution in [0.1, 0.15) is 0 Å². The molecule has 0 saturated heterocycles. The number of aliphatic hydroxyl groups excluding tert-OH is 2. The second kappa shape index (κ2) is 9.50. The van der Waals surface area contributed by atoms with Crippen molar-refractivity contribution >= 4 is 43.1 Å². The van der Waals surface area contributed by atoms with Crippen molar-refractivity contribution in [2.75, 3.05) is 26.4 Å². The molecule has 0 radical (unpaired) electrons. The van der Waals surface area contributed by atoms with E-state index in [0.717, 1.165) is 38.1 Å². The number of benzene rings is 6. The van der Waals surface area contributed by atoms with Crippen molar-refractivity contribution in [2.45, 2.75) is 0 Å². The predicted molar refractivity (Wildman–Crippen MR) is 147 cm³/mol. The van der Waals surface area contributed by atoms with Gasteiger partial charge in [-0.05, 0) is 55.6 Å². The van der Waals surface area contributed by atoms with Crippen molar-refractivity contribution in [3.63, 3.8) is 0 Å². The molecular weight excluding hydrogens is 448 g/mol. The lowest BCUT2D eigenvalue weighted by molar-refractivity contribution is 0.179. The lowest BCUT2D eigenvalue weighted by atomic mass is 9.88. The van der Waals surface area contributed by atoms with E-state index in [4.69, 9.17) is 9.47 Å². The molecule has 0 amide bonds. The van der Waals surface area contributed by atoms with Crippen molar-refractivity contribution in [3.05, 3.63) is 97.1 Å². The highest BCUT2D eigenvalue weighted by Crippen LogP contribution is 2.47. The summed E-state index contributed by atoms with van der Waals surface area (Å²) in [5, 5.41) is 27.9. The molecule has 178 valence electrons. The van der Waals surface area contributed by atoms with Gasteiger partial charge in [0, 0.05) is 10.8 Å². The molecule has 0 aromatic heterocycles. The van der Waals surface area contributed by atoms with Crippen molar-refractivity contribution in [3.8, 4) is 22.6 Å². The summed E-state index contributed by atoms with van der Waals surface area (Å²) < 4.78 is 12.0. The zero-order valence-electron chi connectivity index (χ0n) is 19.8. The Hall–Kier alpha value is -4.12. The number of hydrogen-bond acceptors (Lipinski definition) is 4. The molecular formula is C32H26O4. The maximum Gasteiger partial charge on any atom is 0.169 e. The fraction of sp³-hybridized carbons (Fsp3) is 0.125. The molecule has 0 saturated carbocycles. The highest BCUT2D eigenvalue weighted by molar-refractivity contribution is 6.22. The Kier molecular flexibility index (Phi) is 5.90. The van der Waals surface area contributed by atoms with Crippen LogP contribution in [0.5, 0.6) is 11.5 Å². The lowest BCUT2D eigenvalue weighted by Gasteiger charge is -2.20. The molecule has 0 unspecified atom stereocenters. The molecule has 0 bridgehead atoms. The second-order valence-corrected chi connectivity index (χ2v) is 8.80. The van der Waals surface area contributed by atoms with E-state index >= 15 is 0 Å². The molecule has 4 nitrogen and oxygen atoms in total. The summed E-state index contributed by atoms with van der Waals surface area (Å²) in [6.45, 7) is 0.0805. The van der Waals surface area contributed by atoms with Gasteiger partial charge in [0.15, 0.2) is 11.5 Å². The lowest BCUT2D eigenvalue weighted by Crippen LogP contribution is -2.07. The van der Waals surface area contributed by atoms with Crippen LogP contribution in [0.15, 0.2) is 97.1 Å². The molecule has 0 spiro atoms. The van der Waals surface area contributed by atoms with Gasteiger partial charge in [-0.15, -0.1) is 0 Å². The summed E-state index contributed by atoms with van der Waals surface area (Å²) >= 11 is 0. The van der Waals surface area contributed by atoms with Crippen LogP contribution in [-0.2, 0) is 0 Å². The second-order valence-electron chi connectivity index (χ2n) is 8.80. The molecule has 0 heterocycles. The average Bonchev–Trinajstić information content (AvgIpc) is 2.94. The van der Waals surface area contributed by atoms with Gasteiger partial charge in [0.25, 0.3) is 0 Å². The summed E-state index contributed by atoms with van der Waals surface area (Å²) in [4.78, 5) is 0. The summed E-state index contributed by atoms with van der Waals surface area (Å²) in [5.74, 6) is 1.12. The standard InChI is InChI=1S/C32H26O4/c33-16-18-35-29-20-28(26-11-5-8-23-13-12-21-6-1-3-9-24(21)30(23)26)31-25-10-4-2-7-22(25)14-15-27(31)32(29)36-19-17-34/h1-15,20,33-34H,16-19H2. The van der Waals surface area contributed by atoms with Crippen LogP contribution in [0.4, 0.5) is 0 Å². The Morgan fingerprint density at radius 1 is 0.500 bits per heavy atom. The zero-order valence-corrected chi connectivity index (χ0v) is 19.8. The first kappa shape index (κ1) is 22.4. The predicted octanol–water partition coefficient (Wildman–Crippen LogP) is 6.71. The molecule has 0 fully saturated rings. The molecule has 6 aromatic carbocycles. The summed E-state index contributed by atoms with van der Waals surface area (Å²) in [5.41, 5.74) is 2.14. The van der Waals surface area contributed by atoms with Gasteiger partial charge in [0.05, 0.1) is 13.2 Å². The first-order chi connectivity index (χ1) is 17.8. The third kappa shape index (κ3) is 3.72. The monoisotopic (exact) mass is 474 g/mol. The van der Waals surface area contributed by atoms with Crippen LogP contribution in [-0.4, -0.2) is 36.6 Å². The highest BCUT2D eigenvalue weighted by atomic mass is 16.5. The van der Waals surface area contributed by atoms with Gasteiger partial charge in [-0.2, -0.15) is 0 Å². The van der Waals surface area contributed by atoms with E-state index < -0.39 is 0 Å². The topological polar surface area (TPSA) is 58.9 Å². The van der Waals surface area contributed by atoms with Crippen LogP contribution in [0.25, 0.3) is 54.2 Å². The Morgan fingerprint density at radius 2 is 1.11 bits per heavy atom. The van der Waals surface area contributed by atoms with Gasteiger partial charge in [-0.1, -0.05) is 84.9 Å². The van der Waals surface area contributed by atoms with E-state index in [2.05, 4.69) is 84.9 Å². The fourth-order valence-corrected chi connectivity index (χ4v) is 5.21. The van der Waals surface area contributed by atoms with Gasteiger partial charge >= 0.3 is 0 Å². The first-order valence-corrected chi connectivity index (χ1v) is 12.2. The van der Waals surface area contributed by atoms with Crippen LogP contribution in [0, 0.1) is 0 Å². The molecule has 36 heavy (non-hydrogen) atoms. The fourth-order valence-electron chi connectivity index (χ4n) is 5.21. The van der Waals surface area contributed by atoms with E-state index in [0.29, 0.717) is 11.5 Å². The Morgan fingerprint density at radius 3 is 1.86 bits per heavy atom. The molecule has 2 N–H and O–H groups in total. The van der Waals surface area contributed by atoms with E-state index in [1.54, 1.807) is 0 Å². The average molecular weight is 475 g/mol. The number of fused-ring (bicyclic) bond motifs is 6. The van der Waals surface area contributed by atoms with E-state index in [1.807, 2.05) is 12.1 Å². The van der Waals surface area contributed by atoms with E-state index in [1.165, 1.54) is 16.2 Å². The van der Waals surface area contributed by atoms with E-state index in [9.17, 15) is 10.2 Å². The Bertz CT molecular complexity index is 1720. The van der Waals surface area contributed by atoms with Crippen molar-refractivity contribution in [1.29, 1.82) is 0 Å². The van der Waals surface area contributed by atoms with Gasteiger partial charge < -0.3 is 19.7 Å². The minimum Gasteiger partial charge on any atom is -0.487 e. The maximum absolute atomic E-state index is 9.49. The molecule has 6 rings (SSSR count). The molecule has 0 atom stereocenters. The maximum atomic E-state index is 9.49. The summed E-state index contributed by atoms with van der Waals surface area (Å²) in [6.07, 6.45) is 0. The minimum atomic E-state index is -0.108. The number of hydrogen-bond donors (Lipinski definition) is 2. The van der Waals surface area contributed by atoms with Crippen molar-refractivity contribution in [1.82, 2.24) is 0 Å². The quantitative estimate of drug-likeness (QED) is 0.253. The van der Waals surface area contributed by atoms with Crippen LogP contribution in [0.3, 0.4) is 0 Å². The Balaban J connectivity index is 1.78. The van der Waals surface area contributed by atoms with Gasteiger partial charge in [-0.3, -0.25) is 0 Å². The normalized spacial score (nSPS) is 11.5. The van der Waals surface area contributed by atoms with Crippen LogP contribution < -0.4 is 9.47 Å². The van der Waals surface area contributed by atoms with Crippen molar-refractivity contribution in [2.24, 2.45) is 0 Å². The molecule has 0 aliphatic carbocycles. The molecule has 4 heteroatoms. The molecule has 0 aliphatic heterocycles. The first-order valence-electron chi connectivity index (χ1n) is 12.2. The SMILES string of the molecule is OCCOc1cc(-c2cccc3ccc4ccccc4c23)c2c(ccc3ccccc32)c1OCCO. The number of ether oxygens (including phenoxy) is 2. The largest absolute Gasteiger partial charge is 0.487 e. The third-order valence-electron chi connectivity index (χ3n) is 6.69. The van der Waals surface area contributed by atoms with Crippen LogP contribution >= 0.6 is 0 Å². The van der Waals surface area contributed by atoms with Crippen molar-refractivity contribution < 1.29 is 19.7 Å².